The average Bonchev–Trinajstić information content (AvgIpc) is 2.68. The van der Waals surface area contributed by atoms with Crippen LogP contribution in [0.25, 0.3) is 0 Å². The van der Waals surface area contributed by atoms with E-state index in [1.165, 1.54) is 18.3 Å². The summed E-state index contributed by atoms with van der Waals surface area (Å²) in [5.41, 5.74) is -0.728. The van der Waals surface area contributed by atoms with E-state index in [9.17, 15) is 18.0 Å². The third kappa shape index (κ3) is 4.39. The number of urea groups is 1. The molecule has 1 aromatic carbocycles. The molecule has 6 nitrogen and oxygen atoms in total. The van der Waals surface area contributed by atoms with Gasteiger partial charge in [0.05, 0.1) is 16.8 Å². The summed E-state index contributed by atoms with van der Waals surface area (Å²) < 4.78 is 38.0. The third-order valence-corrected chi connectivity index (χ3v) is 4.78. The fraction of sp³-hybridized carbons (Fsp3) is 0.368. The Balaban J connectivity index is 1.77. The molecule has 2 N–H and O–H groups in total. The van der Waals surface area contributed by atoms with Crippen LogP contribution >= 0.6 is 0 Å². The van der Waals surface area contributed by atoms with E-state index in [0.29, 0.717) is 18.5 Å². The highest BCUT2D eigenvalue weighted by Gasteiger charge is 2.37. The standard InChI is InChI=1S/C19H18F3N5O/c20-19(21,22)13-4-6-14(7-5-13)25-17(28)27-18(9-2-1-3-10-18)15-8-11-24-16(12-23)26-15/h4-8,11H,1-3,9-10H2,(H2,25,27,28). The van der Waals surface area contributed by atoms with Gasteiger partial charge in [0.2, 0.25) is 5.82 Å². The van der Waals surface area contributed by atoms with Crippen molar-refractivity contribution in [2.75, 3.05) is 5.32 Å². The molecule has 2 amide bonds. The second-order valence-electron chi connectivity index (χ2n) is 6.67. The average molecular weight is 389 g/mol. The molecule has 9 heteroatoms. The second-order valence-corrected chi connectivity index (χ2v) is 6.67. The summed E-state index contributed by atoms with van der Waals surface area (Å²) in [5.74, 6) is 0.0207. The van der Waals surface area contributed by atoms with Gasteiger partial charge in [-0.25, -0.2) is 14.8 Å². The summed E-state index contributed by atoms with van der Waals surface area (Å²) in [6.07, 6.45) is 1.13. The number of carbonyl (C=O) groups is 1. The van der Waals surface area contributed by atoms with Crippen LogP contribution in [-0.4, -0.2) is 16.0 Å². The predicted octanol–water partition coefficient (Wildman–Crippen LogP) is 4.35. The fourth-order valence-electron chi connectivity index (χ4n) is 3.40. The Morgan fingerprint density at radius 2 is 1.79 bits per heavy atom. The van der Waals surface area contributed by atoms with Crippen LogP contribution in [0.3, 0.4) is 0 Å². The Kier molecular flexibility index (Phi) is 5.49. The fourth-order valence-corrected chi connectivity index (χ4v) is 3.40. The minimum atomic E-state index is -4.43. The number of amides is 2. The Morgan fingerprint density at radius 1 is 1.11 bits per heavy atom. The summed E-state index contributed by atoms with van der Waals surface area (Å²) >= 11 is 0. The van der Waals surface area contributed by atoms with Crippen molar-refractivity contribution >= 4 is 11.7 Å². The van der Waals surface area contributed by atoms with E-state index < -0.39 is 23.3 Å². The molecule has 0 spiro atoms. The molecular weight excluding hydrogens is 371 g/mol. The number of anilines is 1. The first kappa shape index (κ1) is 19.6. The molecule has 1 saturated carbocycles. The number of carbonyl (C=O) groups excluding carboxylic acids is 1. The Bertz CT molecular complexity index is 884. The van der Waals surface area contributed by atoms with Crippen LogP contribution in [0.15, 0.2) is 36.5 Å². The molecule has 28 heavy (non-hydrogen) atoms. The van der Waals surface area contributed by atoms with Crippen molar-refractivity contribution in [3.8, 4) is 6.07 Å². The Labute approximate surface area is 159 Å². The maximum atomic E-state index is 12.7. The molecule has 146 valence electrons. The van der Waals surface area contributed by atoms with E-state index >= 15 is 0 Å². The highest BCUT2D eigenvalue weighted by atomic mass is 19.4. The number of nitriles is 1. The zero-order chi connectivity index (χ0) is 20.2. The Morgan fingerprint density at radius 3 is 2.39 bits per heavy atom. The van der Waals surface area contributed by atoms with Crippen LogP contribution in [0.4, 0.5) is 23.7 Å². The van der Waals surface area contributed by atoms with Gasteiger partial charge in [-0.2, -0.15) is 18.4 Å². The van der Waals surface area contributed by atoms with Crippen LogP contribution in [-0.2, 0) is 11.7 Å². The van der Waals surface area contributed by atoms with E-state index in [2.05, 4.69) is 20.6 Å². The first-order valence-electron chi connectivity index (χ1n) is 8.82. The van der Waals surface area contributed by atoms with E-state index in [4.69, 9.17) is 5.26 Å². The quantitative estimate of drug-likeness (QED) is 0.817. The molecule has 0 saturated heterocycles. The van der Waals surface area contributed by atoms with Crippen molar-refractivity contribution in [2.24, 2.45) is 0 Å². The summed E-state index contributed by atoms with van der Waals surface area (Å²) in [6.45, 7) is 0. The molecule has 1 fully saturated rings. The first-order chi connectivity index (χ1) is 13.3. The van der Waals surface area contributed by atoms with Gasteiger partial charge in [0, 0.05) is 11.9 Å². The lowest BCUT2D eigenvalue weighted by Crippen LogP contribution is -2.49. The molecule has 0 unspecified atom stereocenters. The van der Waals surface area contributed by atoms with Gasteiger partial charge in [0.1, 0.15) is 6.07 Å². The number of halogens is 3. The van der Waals surface area contributed by atoms with Gasteiger partial charge in [-0.3, -0.25) is 0 Å². The van der Waals surface area contributed by atoms with Gasteiger partial charge in [-0.15, -0.1) is 0 Å². The maximum absolute atomic E-state index is 12.7. The number of rotatable bonds is 3. The molecule has 0 atom stereocenters. The van der Waals surface area contributed by atoms with Crippen LogP contribution in [0.5, 0.6) is 0 Å². The van der Waals surface area contributed by atoms with Crippen molar-refractivity contribution in [3.63, 3.8) is 0 Å². The number of nitrogens with zero attached hydrogens (tertiary/aromatic N) is 3. The maximum Gasteiger partial charge on any atom is 0.416 e. The minimum absolute atomic E-state index is 0.0207. The van der Waals surface area contributed by atoms with E-state index in [1.54, 1.807) is 6.07 Å². The van der Waals surface area contributed by atoms with Crippen molar-refractivity contribution in [1.82, 2.24) is 15.3 Å². The molecule has 0 aliphatic heterocycles. The molecule has 0 bridgehead atoms. The zero-order valence-corrected chi connectivity index (χ0v) is 14.9. The molecule has 1 heterocycles. The second kappa shape index (κ2) is 7.84. The monoisotopic (exact) mass is 389 g/mol. The summed E-state index contributed by atoms with van der Waals surface area (Å²) in [6, 6.07) is 7.25. The highest BCUT2D eigenvalue weighted by molar-refractivity contribution is 5.89. The molecule has 0 radical (unpaired) electrons. The van der Waals surface area contributed by atoms with Crippen LogP contribution in [0.1, 0.15) is 49.2 Å². The molecular formula is C19H18F3N5O. The van der Waals surface area contributed by atoms with Gasteiger partial charge in [-0.05, 0) is 43.2 Å². The van der Waals surface area contributed by atoms with E-state index in [1.807, 2.05) is 6.07 Å². The SMILES string of the molecule is N#Cc1nccc(C2(NC(=O)Nc3ccc(C(F)(F)F)cc3)CCCCC2)n1. The largest absolute Gasteiger partial charge is 0.416 e. The number of nitrogens with one attached hydrogen (secondary N) is 2. The number of benzene rings is 1. The number of hydrogen-bond acceptors (Lipinski definition) is 4. The van der Waals surface area contributed by atoms with Gasteiger partial charge in [0.15, 0.2) is 0 Å². The van der Waals surface area contributed by atoms with Gasteiger partial charge >= 0.3 is 12.2 Å². The topological polar surface area (TPSA) is 90.7 Å². The lowest BCUT2D eigenvalue weighted by Gasteiger charge is -2.37. The van der Waals surface area contributed by atoms with Gasteiger partial charge in [0.25, 0.3) is 0 Å². The number of aromatic nitrogens is 2. The normalized spacial score (nSPS) is 16.1. The zero-order valence-electron chi connectivity index (χ0n) is 14.9. The lowest BCUT2D eigenvalue weighted by atomic mass is 9.79. The van der Waals surface area contributed by atoms with Crippen molar-refractivity contribution < 1.29 is 18.0 Å². The highest BCUT2D eigenvalue weighted by Crippen LogP contribution is 2.36. The summed E-state index contributed by atoms with van der Waals surface area (Å²) in [5, 5.41) is 14.5. The van der Waals surface area contributed by atoms with Gasteiger partial charge in [-0.1, -0.05) is 19.3 Å². The minimum Gasteiger partial charge on any atom is -0.327 e. The lowest BCUT2D eigenvalue weighted by molar-refractivity contribution is -0.137. The molecule has 1 aliphatic carbocycles. The number of hydrogen-bond donors (Lipinski definition) is 2. The van der Waals surface area contributed by atoms with Crippen molar-refractivity contribution in [3.05, 3.63) is 53.6 Å². The number of alkyl halides is 3. The first-order valence-corrected chi connectivity index (χ1v) is 8.82. The Hall–Kier alpha value is -3.15. The van der Waals surface area contributed by atoms with Gasteiger partial charge < -0.3 is 10.6 Å². The van der Waals surface area contributed by atoms with E-state index in [0.717, 1.165) is 31.4 Å². The summed E-state index contributed by atoms with van der Waals surface area (Å²) in [4.78, 5) is 20.7. The van der Waals surface area contributed by atoms with Crippen LogP contribution in [0.2, 0.25) is 0 Å². The van der Waals surface area contributed by atoms with E-state index in [-0.39, 0.29) is 11.5 Å². The molecule has 2 aromatic rings. The van der Waals surface area contributed by atoms with Crippen molar-refractivity contribution in [1.29, 1.82) is 5.26 Å². The third-order valence-electron chi connectivity index (χ3n) is 4.78. The molecule has 3 rings (SSSR count). The summed E-state index contributed by atoms with van der Waals surface area (Å²) in [7, 11) is 0. The van der Waals surface area contributed by atoms with Crippen LogP contribution in [0, 0.1) is 11.3 Å². The smallest absolute Gasteiger partial charge is 0.327 e. The predicted molar refractivity (Wildman–Crippen MR) is 95.1 cm³/mol. The van der Waals surface area contributed by atoms with Crippen molar-refractivity contribution in [2.45, 2.75) is 43.8 Å². The van der Waals surface area contributed by atoms with Crippen LogP contribution < -0.4 is 10.6 Å². The molecule has 1 aromatic heterocycles. The molecule has 1 aliphatic rings.